The fraction of sp³-hybridized carbons (Fsp3) is 0.455. The van der Waals surface area contributed by atoms with Crippen LogP contribution in [0.4, 0.5) is 5.69 Å². The highest BCUT2D eigenvalue weighted by atomic mass is 79.9. The van der Waals surface area contributed by atoms with Crippen LogP contribution in [0.15, 0.2) is 27.6 Å². The molecule has 0 saturated heterocycles. The van der Waals surface area contributed by atoms with Gasteiger partial charge in [0.2, 0.25) is 10.0 Å². The lowest BCUT2D eigenvalue weighted by Gasteiger charge is -2.15. The first-order valence-corrected chi connectivity index (χ1v) is 8.04. The number of nitrogens with two attached hydrogens (primary N) is 2. The van der Waals surface area contributed by atoms with Crippen molar-refractivity contribution in [2.45, 2.75) is 36.2 Å². The number of hydrogen-bond acceptors (Lipinski definition) is 4. The molecule has 7 heteroatoms. The Morgan fingerprint density at radius 3 is 2.56 bits per heavy atom. The number of primary sulfonamides is 1. The third kappa shape index (κ3) is 3.23. The van der Waals surface area contributed by atoms with Crippen LogP contribution < -0.4 is 16.2 Å². The Kier molecular flexibility index (Phi) is 3.96. The van der Waals surface area contributed by atoms with E-state index in [1.807, 2.05) is 0 Å². The van der Waals surface area contributed by atoms with Crippen LogP contribution >= 0.6 is 15.9 Å². The molecule has 18 heavy (non-hydrogen) atoms. The van der Waals surface area contributed by atoms with Gasteiger partial charge in [0, 0.05) is 22.2 Å². The third-order valence-corrected chi connectivity index (χ3v) is 4.67. The zero-order valence-electron chi connectivity index (χ0n) is 9.77. The SMILES string of the molecule is NC1CCC(Nc2ccc(S(N)(=O)=O)cc2Br)C1. The molecule has 1 aromatic rings. The molecule has 2 unspecified atom stereocenters. The van der Waals surface area contributed by atoms with Crippen LogP contribution in [0.5, 0.6) is 0 Å². The van der Waals surface area contributed by atoms with Gasteiger partial charge in [-0.2, -0.15) is 0 Å². The van der Waals surface area contributed by atoms with Crippen LogP contribution in [-0.2, 0) is 10.0 Å². The highest BCUT2D eigenvalue weighted by Crippen LogP contribution is 2.29. The van der Waals surface area contributed by atoms with Gasteiger partial charge in [-0.05, 0) is 53.4 Å². The molecule has 0 amide bonds. The van der Waals surface area contributed by atoms with Crippen molar-refractivity contribution in [3.8, 4) is 0 Å². The molecule has 100 valence electrons. The highest BCUT2D eigenvalue weighted by Gasteiger charge is 2.22. The number of rotatable bonds is 3. The Balaban J connectivity index is 2.15. The Labute approximate surface area is 115 Å². The highest BCUT2D eigenvalue weighted by molar-refractivity contribution is 9.10. The minimum Gasteiger partial charge on any atom is -0.381 e. The third-order valence-electron chi connectivity index (χ3n) is 3.10. The molecule has 2 atom stereocenters. The monoisotopic (exact) mass is 333 g/mol. The van der Waals surface area contributed by atoms with E-state index in [0.29, 0.717) is 10.5 Å². The second kappa shape index (κ2) is 5.16. The topological polar surface area (TPSA) is 98.2 Å². The van der Waals surface area contributed by atoms with Crippen LogP contribution in [0, 0.1) is 0 Å². The number of sulfonamides is 1. The van der Waals surface area contributed by atoms with E-state index in [9.17, 15) is 8.42 Å². The molecule has 1 fully saturated rings. The summed E-state index contributed by atoms with van der Waals surface area (Å²) in [6.45, 7) is 0. The molecule has 0 spiro atoms. The predicted octanol–water partition coefficient (Wildman–Crippen LogP) is 1.39. The van der Waals surface area contributed by atoms with E-state index in [1.54, 1.807) is 6.07 Å². The summed E-state index contributed by atoms with van der Waals surface area (Å²) in [5, 5.41) is 8.43. The van der Waals surface area contributed by atoms with E-state index >= 15 is 0 Å². The van der Waals surface area contributed by atoms with E-state index in [2.05, 4.69) is 21.2 Å². The maximum Gasteiger partial charge on any atom is 0.238 e. The lowest BCUT2D eigenvalue weighted by molar-refractivity contribution is 0.598. The van der Waals surface area contributed by atoms with Crippen molar-refractivity contribution in [3.05, 3.63) is 22.7 Å². The number of halogens is 1. The largest absolute Gasteiger partial charge is 0.381 e. The Morgan fingerprint density at radius 1 is 1.33 bits per heavy atom. The number of benzene rings is 1. The molecule has 1 aliphatic carbocycles. The van der Waals surface area contributed by atoms with E-state index in [4.69, 9.17) is 10.9 Å². The van der Waals surface area contributed by atoms with Gasteiger partial charge in [-0.3, -0.25) is 0 Å². The lowest BCUT2D eigenvalue weighted by Crippen LogP contribution is -2.21. The number of anilines is 1. The lowest BCUT2D eigenvalue weighted by atomic mass is 10.2. The Bertz CT molecular complexity index is 547. The first kappa shape index (κ1) is 13.8. The van der Waals surface area contributed by atoms with Crippen molar-refractivity contribution in [2.75, 3.05) is 5.32 Å². The van der Waals surface area contributed by atoms with Gasteiger partial charge in [-0.1, -0.05) is 0 Å². The first-order valence-electron chi connectivity index (χ1n) is 5.71. The van der Waals surface area contributed by atoms with Crippen LogP contribution in [-0.4, -0.2) is 20.5 Å². The van der Waals surface area contributed by atoms with Crippen molar-refractivity contribution >= 4 is 31.6 Å². The molecule has 2 rings (SSSR count). The van der Waals surface area contributed by atoms with E-state index in [0.717, 1.165) is 24.9 Å². The second-order valence-corrected chi connectivity index (χ2v) is 7.02. The van der Waals surface area contributed by atoms with Crippen LogP contribution in [0.3, 0.4) is 0 Å². The maximum atomic E-state index is 11.2. The molecule has 1 aliphatic rings. The molecule has 0 aromatic heterocycles. The van der Waals surface area contributed by atoms with Gasteiger partial charge >= 0.3 is 0 Å². The molecule has 5 N–H and O–H groups in total. The summed E-state index contributed by atoms with van der Waals surface area (Å²) in [6.07, 6.45) is 2.98. The first-order chi connectivity index (χ1) is 8.36. The van der Waals surface area contributed by atoms with Crippen molar-refractivity contribution in [1.82, 2.24) is 0 Å². The van der Waals surface area contributed by atoms with Gasteiger partial charge in [0.05, 0.1) is 4.90 Å². The quantitative estimate of drug-likeness (QED) is 0.778. The van der Waals surface area contributed by atoms with Crippen molar-refractivity contribution in [1.29, 1.82) is 0 Å². The smallest absolute Gasteiger partial charge is 0.238 e. The molecule has 1 saturated carbocycles. The standard InChI is InChI=1S/C11H16BrN3O2S/c12-10-6-9(18(14,16)17)3-4-11(10)15-8-2-1-7(13)5-8/h3-4,6-8,15H,1-2,5,13H2,(H2,14,16,17). The van der Waals surface area contributed by atoms with Gasteiger partial charge in [-0.25, -0.2) is 13.6 Å². The molecule has 1 aromatic carbocycles. The predicted molar refractivity (Wildman–Crippen MR) is 74.8 cm³/mol. The number of hydrogen-bond donors (Lipinski definition) is 3. The summed E-state index contributed by atoms with van der Waals surface area (Å²) in [4.78, 5) is 0.100. The molecule has 5 nitrogen and oxygen atoms in total. The molecule has 0 heterocycles. The van der Waals surface area contributed by atoms with Crippen molar-refractivity contribution in [3.63, 3.8) is 0 Å². The maximum absolute atomic E-state index is 11.2. The molecule has 0 aliphatic heterocycles. The fourth-order valence-electron chi connectivity index (χ4n) is 2.16. The van der Waals surface area contributed by atoms with Gasteiger partial charge < -0.3 is 11.1 Å². The second-order valence-electron chi connectivity index (χ2n) is 4.60. The molecular formula is C11H16BrN3O2S. The summed E-state index contributed by atoms with van der Waals surface area (Å²) in [5.74, 6) is 0. The molecule has 0 bridgehead atoms. The summed E-state index contributed by atoms with van der Waals surface area (Å²) in [7, 11) is -3.66. The minimum atomic E-state index is -3.66. The van der Waals surface area contributed by atoms with Gasteiger partial charge in [0.15, 0.2) is 0 Å². The summed E-state index contributed by atoms with van der Waals surface area (Å²) in [6, 6.07) is 5.32. The molecule has 0 radical (unpaired) electrons. The van der Waals surface area contributed by atoms with E-state index < -0.39 is 10.0 Å². The Hall–Kier alpha value is -0.630. The average molecular weight is 334 g/mol. The fourth-order valence-corrected chi connectivity index (χ4v) is 3.34. The van der Waals surface area contributed by atoms with E-state index in [1.165, 1.54) is 12.1 Å². The summed E-state index contributed by atoms with van der Waals surface area (Å²) >= 11 is 3.35. The van der Waals surface area contributed by atoms with Crippen LogP contribution in [0.1, 0.15) is 19.3 Å². The molecular weight excluding hydrogens is 318 g/mol. The summed E-state index contributed by atoms with van der Waals surface area (Å²) in [5.41, 5.74) is 6.71. The zero-order chi connectivity index (χ0) is 13.3. The van der Waals surface area contributed by atoms with Crippen molar-refractivity contribution < 1.29 is 8.42 Å². The van der Waals surface area contributed by atoms with Gasteiger partial charge in [-0.15, -0.1) is 0 Å². The van der Waals surface area contributed by atoms with Crippen LogP contribution in [0.2, 0.25) is 0 Å². The average Bonchev–Trinajstić information content (AvgIpc) is 2.65. The normalized spacial score (nSPS) is 24.2. The zero-order valence-corrected chi connectivity index (χ0v) is 12.2. The van der Waals surface area contributed by atoms with E-state index in [-0.39, 0.29) is 10.9 Å². The Morgan fingerprint density at radius 2 is 2.06 bits per heavy atom. The minimum absolute atomic E-state index is 0.100. The van der Waals surface area contributed by atoms with Gasteiger partial charge in [0.1, 0.15) is 0 Å². The van der Waals surface area contributed by atoms with Gasteiger partial charge in [0.25, 0.3) is 0 Å². The van der Waals surface area contributed by atoms with Crippen molar-refractivity contribution in [2.24, 2.45) is 10.9 Å². The van der Waals surface area contributed by atoms with Crippen LogP contribution in [0.25, 0.3) is 0 Å². The summed E-state index contributed by atoms with van der Waals surface area (Å²) < 4.78 is 23.1. The number of nitrogens with one attached hydrogen (secondary N) is 1.